The highest BCUT2D eigenvalue weighted by atomic mass is 19.4. The molecule has 0 saturated heterocycles. The zero-order chi connectivity index (χ0) is 19.4. The second-order valence-electron chi connectivity index (χ2n) is 5.59. The number of alkyl halides is 3. The number of hydrogen-bond acceptors (Lipinski definition) is 0. The number of aromatic nitrogens is 2. The number of imidazole rings is 1. The lowest BCUT2D eigenvalue weighted by Crippen LogP contribution is -2.35. The van der Waals surface area contributed by atoms with Crippen LogP contribution in [0.2, 0.25) is 0 Å². The monoisotopic (exact) mass is 377 g/mol. The molecule has 138 valence electrons. The van der Waals surface area contributed by atoms with Gasteiger partial charge in [0.05, 0.1) is 6.54 Å². The van der Waals surface area contributed by atoms with Crippen LogP contribution in [0, 0.1) is 30.2 Å². The van der Waals surface area contributed by atoms with Crippen LogP contribution >= 0.6 is 0 Å². The van der Waals surface area contributed by atoms with Crippen LogP contribution < -0.4 is 4.57 Å². The molecular weight excluding hydrogens is 365 g/mol. The number of rotatable bonds is 2. The van der Waals surface area contributed by atoms with Gasteiger partial charge in [-0.05, 0) is 19.1 Å². The smallest absolute Gasteiger partial charge is 0.227 e. The highest BCUT2D eigenvalue weighted by Crippen LogP contribution is 2.38. The Morgan fingerprint density at radius 3 is 1.96 bits per heavy atom. The zero-order valence-corrected chi connectivity index (χ0v) is 13.6. The third kappa shape index (κ3) is 2.45. The lowest BCUT2D eigenvalue weighted by Gasteiger charge is -2.13. The molecule has 0 atom stereocenters. The summed E-state index contributed by atoms with van der Waals surface area (Å²) in [5, 5.41) is 0. The Bertz CT molecular complexity index is 989. The first-order valence-electron chi connectivity index (χ1n) is 7.54. The molecule has 0 bridgehead atoms. The van der Waals surface area contributed by atoms with Gasteiger partial charge in [-0.2, -0.15) is 26.5 Å². The summed E-state index contributed by atoms with van der Waals surface area (Å²) < 4.78 is 97.6. The first-order valence-corrected chi connectivity index (χ1v) is 7.54. The normalized spacial score (nSPS) is 12.2. The minimum absolute atomic E-state index is 0.197. The van der Waals surface area contributed by atoms with Gasteiger partial charge in [0.25, 0.3) is 5.82 Å². The summed E-state index contributed by atoms with van der Waals surface area (Å²) >= 11 is 0. The van der Waals surface area contributed by atoms with Gasteiger partial charge < -0.3 is 0 Å². The van der Waals surface area contributed by atoms with Gasteiger partial charge in [0.15, 0.2) is 22.7 Å². The van der Waals surface area contributed by atoms with E-state index in [4.69, 9.17) is 0 Å². The van der Waals surface area contributed by atoms with Gasteiger partial charge in [-0.3, -0.25) is 0 Å². The third-order valence-corrected chi connectivity index (χ3v) is 4.19. The molecule has 0 N–H and O–H groups in total. The van der Waals surface area contributed by atoms with E-state index in [0.29, 0.717) is 12.1 Å². The maximum absolute atomic E-state index is 14.4. The lowest BCUT2D eigenvalue weighted by atomic mass is 10.1. The Balaban J connectivity index is 2.48. The van der Waals surface area contributed by atoms with Gasteiger partial charge in [-0.25, -0.2) is 13.3 Å². The summed E-state index contributed by atoms with van der Waals surface area (Å²) in [5.74, 6) is -8.98. The van der Waals surface area contributed by atoms with Crippen LogP contribution in [-0.2, 0) is 12.7 Å². The Morgan fingerprint density at radius 2 is 1.46 bits per heavy atom. The first kappa shape index (κ1) is 18.2. The van der Waals surface area contributed by atoms with Crippen LogP contribution in [-0.4, -0.2) is 4.57 Å². The molecule has 0 saturated carbocycles. The zero-order valence-electron chi connectivity index (χ0n) is 13.6. The lowest BCUT2D eigenvalue weighted by molar-refractivity contribution is -0.674. The van der Waals surface area contributed by atoms with E-state index in [1.807, 2.05) is 0 Å². The standard InChI is InChI=1S/C17H12F7N2/c1-3-25-8(2)26(10-7-5-4-6-9(10)25)16-14(20)12(18)11(17(22,23)24)13(19)15(16)21/h4-7H,3H2,1-2H3/q+1. The molecule has 0 aliphatic heterocycles. The average molecular weight is 377 g/mol. The predicted molar refractivity (Wildman–Crippen MR) is 78.7 cm³/mol. The SMILES string of the molecule is CC[n+]1c(C)n(-c2c(F)c(F)c(C(F)(F)F)c(F)c2F)c2ccccc21. The van der Waals surface area contributed by atoms with E-state index in [1.54, 1.807) is 23.6 Å². The fourth-order valence-electron chi connectivity index (χ4n) is 3.10. The van der Waals surface area contributed by atoms with E-state index < -0.39 is 40.7 Å². The van der Waals surface area contributed by atoms with Crippen LogP contribution in [0.5, 0.6) is 0 Å². The summed E-state index contributed by atoms with van der Waals surface area (Å²) in [7, 11) is 0. The van der Waals surface area contributed by atoms with Crippen LogP contribution in [0.25, 0.3) is 16.7 Å². The summed E-state index contributed by atoms with van der Waals surface area (Å²) in [5.41, 5.74) is -3.11. The van der Waals surface area contributed by atoms with Gasteiger partial charge in [-0.1, -0.05) is 12.1 Å². The number of benzene rings is 2. The molecule has 3 rings (SSSR count). The molecule has 26 heavy (non-hydrogen) atoms. The number of fused-ring (bicyclic) bond motifs is 1. The van der Waals surface area contributed by atoms with E-state index in [0.717, 1.165) is 4.57 Å². The molecule has 2 nitrogen and oxygen atoms in total. The largest absolute Gasteiger partial charge is 0.422 e. The maximum atomic E-state index is 14.4. The summed E-state index contributed by atoms with van der Waals surface area (Å²) in [4.78, 5) is 0. The van der Waals surface area contributed by atoms with Gasteiger partial charge in [-0.15, -0.1) is 0 Å². The molecule has 0 fully saturated rings. The van der Waals surface area contributed by atoms with Gasteiger partial charge in [0.1, 0.15) is 5.56 Å². The van der Waals surface area contributed by atoms with Crippen molar-refractivity contribution in [3.05, 3.63) is 58.9 Å². The van der Waals surface area contributed by atoms with Crippen LogP contribution in [0.4, 0.5) is 30.7 Å². The van der Waals surface area contributed by atoms with E-state index in [1.165, 1.54) is 19.1 Å². The second-order valence-corrected chi connectivity index (χ2v) is 5.59. The summed E-state index contributed by atoms with van der Waals surface area (Å²) in [6.07, 6.45) is -5.58. The van der Waals surface area contributed by atoms with E-state index >= 15 is 0 Å². The number of para-hydroxylation sites is 2. The van der Waals surface area contributed by atoms with Gasteiger partial charge in [0, 0.05) is 6.92 Å². The highest BCUT2D eigenvalue weighted by molar-refractivity contribution is 5.75. The van der Waals surface area contributed by atoms with Gasteiger partial charge in [0.2, 0.25) is 17.3 Å². The second kappa shape index (κ2) is 6.00. The van der Waals surface area contributed by atoms with Crippen LogP contribution in [0.1, 0.15) is 18.3 Å². The predicted octanol–water partition coefficient (Wildman–Crippen LogP) is 4.82. The van der Waals surface area contributed by atoms with Crippen molar-refractivity contribution in [1.29, 1.82) is 0 Å². The number of halogens is 7. The fraction of sp³-hybridized carbons (Fsp3) is 0.235. The number of aryl methyl sites for hydroxylation is 1. The maximum Gasteiger partial charge on any atom is 0.422 e. The van der Waals surface area contributed by atoms with E-state index in [-0.39, 0.29) is 11.3 Å². The van der Waals surface area contributed by atoms with E-state index in [9.17, 15) is 30.7 Å². The van der Waals surface area contributed by atoms with Crippen LogP contribution in [0.15, 0.2) is 24.3 Å². The Kier molecular flexibility index (Phi) is 4.20. The van der Waals surface area contributed by atoms with Crippen LogP contribution in [0.3, 0.4) is 0 Å². The minimum atomic E-state index is -5.58. The summed E-state index contributed by atoms with van der Waals surface area (Å²) in [6.45, 7) is 3.55. The minimum Gasteiger partial charge on any atom is -0.227 e. The van der Waals surface area contributed by atoms with Crippen molar-refractivity contribution in [3.8, 4) is 5.69 Å². The molecule has 0 unspecified atom stereocenters. The quantitative estimate of drug-likeness (QED) is 0.344. The molecule has 1 aromatic heterocycles. The Hall–Kier alpha value is -2.58. The molecule has 0 aliphatic carbocycles. The molecule has 1 heterocycles. The van der Waals surface area contributed by atoms with Crippen molar-refractivity contribution in [2.45, 2.75) is 26.6 Å². The Morgan fingerprint density at radius 1 is 0.923 bits per heavy atom. The van der Waals surface area contributed by atoms with Crippen molar-refractivity contribution < 1.29 is 35.3 Å². The summed E-state index contributed by atoms with van der Waals surface area (Å²) in [6, 6.07) is 6.25. The average Bonchev–Trinajstić information content (AvgIpc) is 2.84. The molecule has 9 heteroatoms. The van der Waals surface area contributed by atoms with Crippen molar-refractivity contribution >= 4 is 11.0 Å². The van der Waals surface area contributed by atoms with Crippen molar-refractivity contribution in [2.24, 2.45) is 0 Å². The Labute approximate surface area is 143 Å². The number of hydrogen-bond donors (Lipinski definition) is 0. The number of nitrogens with zero attached hydrogens (tertiary/aromatic N) is 2. The first-order chi connectivity index (χ1) is 12.1. The van der Waals surface area contributed by atoms with Gasteiger partial charge >= 0.3 is 6.18 Å². The highest BCUT2D eigenvalue weighted by Gasteiger charge is 2.44. The molecule has 3 aromatic rings. The molecule has 2 aromatic carbocycles. The van der Waals surface area contributed by atoms with Crippen molar-refractivity contribution in [3.63, 3.8) is 0 Å². The molecule has 0 radical (unpaired) electrons. The molecule has 0 aliphatic rings. The van der Waals surface area contributed by atoms with Crippen molar-refractivity contribution in [1.82, 2.24) is 4.57 Å². The molecular formula is C17H12F7N2+. The van der Waals surface area contributed by atoms with E-state index in [2.05, 4.69) is 0 Å². The molecule has 0 spiro atoms. The molecule has 0 amide bonds. The fourth-order valence-corrected chi connectivity index (χ4v) is 3.10. The van der Waals surface area contributed by atoms with Crippen molar-refractivity contribution in [2.75, 3.05) is 0 Å². The topological polar surface area (TPSA) is 8.81 Å². The third-order valence-electron chi connectivity index (χ3n) is 4.19.